The van der Waals surface area contributed by atoms with Crippen molar-refractivity contribution in [3.05, 3.63) is 79.3 Å². The van der Waals surface area contributed by atoms with Gasteiger partial charge in [-0.2, -0.15) is 0 Å². The zero-order valence-corrected chi connectivity index (χ0v) is 18.8. The van der Waals surface area contributed by atoms with Crippen LogP contribution in [0.3, 0.4) is 0 Å². The van der Waals surface area contributed by atoms with E-state index in [1.165, 1.54) is 12.1 Å². The Hall–Kier alpha value is -3.03. The fourth-order valence-electron chi connectivity index (χ4n) is 4.70. The highest BCUT2D eigenvalue weighted by molar-refractivity contribution is 6.35. The van der Waals surface area contributed by atoms with Gasteiger partial charge in [0.25, 0.3) is 5.69 Å². The van der Waals surface area contributed by atoms with E-state index in [2.05, 4.69) is 11.9 Å². The molecule has 162 valence electrons. The summed E-state index contributed by atoms with van der Waals surface area (Å²) in [6, 6.07) is 6.11. The number of aromatic nitrogens is 1. The van der Waals surface area contributed by atoms with Gasteiger partial charge in [0.05, 0.1) is 16.2 Å². The Kier molecular flexibility index (Phi) is 6.29. The van der Waals surface area contributed by atoms with Crippen molar-refractivity contribution in [1.29, 1.82) is 0 Å². The summed E-state index contributed by atoms with van der Waals surface area (Å²) in [6.07, 6.45) is 1.46. The van der Waals surface area contributed by atoms with Gasteiger partial charge >= 0.3 is 7.40 Å². The van der Waals surface area contributed by atoms with Crippen LogP contribution in [0, 0.1) is 24.0 Å². The van der Waals surface area contributed by atoms with Crippen LogP contribution in [0.2, 0.25) is 0 Å². The fourth-order valence-corrected chi connectivity index (χ4v) is 4.70. The molecule has 0 saturated heterocycles. The number of halogens is 2. The number of nitrogens with zero attached hydrogens (tertiary/aromatic N) is 2. The van der Waals surface area contributed by atoms with Crippen LogP contribution in [-0.2, 0) is 6.42 Å². The van der Waals surface area contributed by atoms with Crippen molar-refractivity contribution in [3.63, 3.8) is 0 Å². The van der Waals surface area contributed by atoms with Gasteiger partial charge in [0, 0.05) is 35.9 Å². The largest absolute Gasteiger partial charge is 0.934 e. The number of nitro benzene ring substituents is 1. The molecule has 0 amide bonds. The first-order valence-corrected chi connectivity index (χ1v) is 10.4. The van der Waals surface area contributed by atoms with E-state index in [0.717, 1.165) is 44.6 Å². The standard InChI is InChI=1S/C23H26BF2N3O2/c1-7-19-13(3)22(27-15(19)5)21(17-9-11-18(12-10-17)29(30)31)23-14(4)20(8-2)16(6)28(23)24(25)26/h9-12H,7-8H2,1-6H3/p+1. The quantitative estimate of drug-likeness (QED) is 0.350. The van der Waals surface area contributed by atoms with Crippen LogP contribution in [0.15, 0.2) is 41.1 Å². The smallest absolute Gasteiger partial charge is 0.358 e. The molecular formula is C23H27BF2N3O2+. The number of aromatic amines is 1. The molecule has 8 heteroatoms. The molecule has 1 aromatic carbocycles. The van der Waals surface area contributed by atoms with E-state index >= 15 is 0 Å². The first-order chi connectivity index (χ1) is 14.6. The highest BCUT2D eigenvalue weighted by atomic mass is 19.2. The SMILES string of the molecule is CCC1=C(C)/C(=C(\c2ccc([N+](=O)[O-])cc2)c2[nH]c(C)c(CC)c2C)[N+](B(F)F)=C1C. The second kappa shape index (κ2) is 8.61. The van der Waals surface area contributed by atoms with Gasteiger partial charge < -0.3 is 4.98 Å². The number of rotatable bonds is 6. The van der Waals surface area contributed by atoms with Gasteiger partial charge in [0.15, 0.2) is 11.4 Å². The number of hydrogen-bond acceptors (Lipinski definition) is 2. The topological polar surface area (TPSA) is 61.9 Å². The van der Waals surface area contributed by atoms with E-state index in [4.69, 9.17) is 0 Å². The second-order valence-corrected chi connectivity index (χ2v) is 7.80. The molecule has 1 aliphatic heterocycles. The molecule has 1 aromatic heterocycles. The second-order valence-electron chi connectivity index (χ2n) is 7.80. The summed E-state index contributed by atoms with van der Waals surface area (Å²) in [7, 11) is -2.70. The molecule has 5 nitrogen and oxygen atoms in total. The minimum atomic E-state index is -2.70. The number of non-ortho nitro benzene ring substituents is 1. The normalized spacial score (nSPS) is 15.7. The Balaban J connectivity index is 2.44. The van der Waals surface area contributed by atoms with Crippen molar-refractivity contribution >= 4 is 24.4 Å². The van der Waals surface area contributed by atoms with Crippen LogP contribution in [0.4, 0.5) is 14.3 Å². The minimum absolute atomic E-state index is 0.0388. The van der Waals surface area contributed by atoms with Crippen molar-refractivity contribution in [2.75, 3.05) is 0 Å². The van der Waals surface area contributed by atoms with Crippen LogP contribution >= 0.6 is 0 Å². The molecule has 0 fully saturated rings. The highest BCUT2D eigenvalue weighted by Gasteiger charge is 2.47. The Morgan fingerprint density at radius 3 is 2.16 bits per heavy atom. The van der Waals surface area contributed by atoms with Gasteiger partial charge in [-0.05, 0) is 62.4 Å². The Bertz CT molecular complexity index is 1140. The summed E-state index contributed by atoms with van der Waals surface area (Å²) in [6.45, 7) is 11.6. The first-order valence-electron chi connectivity index (χ1n) is 10.4. The Labute approximate surface area is 181 Å². The number of benzene rings is 1. The molecule has 0 atom stereocenters. The molecule has 3 rings (SSSR count). The van der Waals surface area contributed by atoms with Gasteiger partial charge in [0.1, 0.15) is 0 Å². The summed E-state index contributed by atoms with van der Waals surface area (Å²) in [4.78, 5) is 14.1. The number of aryl methyl sites for hydroxylation is 1. The van der Waals surface area contributed by atoms with Crippen molar-refractivity contribution in [3.8, 4) is 0 Å². The summed E-state index contributed by atoms with van der Waals surface area (Å²) >= 11 is 0. The first kappa shape index (κ1) is 22.7. The summed E-state index contributed by atoms with van der Waals surface area (Å²) in [5.74, 6) is 0. The predicted molar refractivity (Wildman–Crippen MR) is 121 cm³/mol. The lowest BCUT2D eigenvalue weighted by atomic mass is 9.92. The van der Waals surface area contributed by atoms with Gasteiger partial charge in [0.2, 0.25) is 0 Å². The summed E-state index contributed by atoms with van der Waals surface area (Å²) in [5.41, 5.74) is 7.86. The number of H-pyrrole nitrogens is 1. The van der Waals surface area contributed by atoms with Crippen LogP contribution in [-0.4, -0.2) is 27.5 Å². The van der Waals surface area contributed by atoms with Crippen molar-refractivity contribution in [2.24, 2.45) is 0 Å². The zero-order chi connectivity index (χ0) is 23.0. The van der Waals surface area contributed by atoms with Crippen LogP contribution in [0.1, 0.15) is 62.2 Å². The van der Waals surface area contributed by atoms with Crippen LogP contribution in [0.5, 0.6) is 0 Å². The van der Waals surface area contributed by atoms with Crippen molar-refractivity contribution in [2.45, 2.75) is 54.4 Å². The number of nitrogens with one attached hydrogen (secondary N) is 1. The minimum Gasteiger partial charge on any atom is -0.358 e. The van der Waals surface area contributed by atoms with E-state index in [1.807, 2.05) is 27.7 Å². The van der Waals surface area contributed by atoms with Gasteiger partial charge in [-0.3, -0.25) is 10.1 Å². The molecule has 0 aliphatic carbocycles. The number of allylic oxidation sites excluding steroid dienone is 2. The fraction of sp³-hybridized carbons (Fsp3) is 0.348. The Morgan fingerprint density at radius 1 is 1.10 bits per heavy atom. The van der Waals surface area contributed by atoms with Gasteiger partial charge in [-0.25, -0.2) is 13.1 Å². The average molecular weight is 426 g/mol. The summed E-state index contributed by atoms with van der Waals surface area (Å²) in [5, 5.41) is 11.1. The van der Waals surface area contributed by atoms with Gasteiger partial charge in [-0.1, -0.05) is 13.8 Å². The van der Waals surface area contributed by atoms with Gasteiger partial charge in [-0.15, -0.1) is 0 Å². The molecule has 2 heterocycles. The predicted octanol–water partition coefficient (Wildman–Crippen LogP) is 6.00. The van der Waals surface area contributed by atoms with E-state index in [1.54, 1.807) is 19.1 Å². The maximum atomic E-state index is 14.3. The Morgan fingerprint density at radius 2 is 1.71 bits per heavy atom. The van der Waals surface area contributed by atoms with E-state index < -0.39 is 12.3 Å². The van der Waals surface area contributed by atoms with Crippen molar-refractivity contribution < 1.29 is 18.0 Å². The molecule has 31 heavy (non-hydrogen) atoms. The number of hydrogen-bond donors (Lipinski definition) is 1. The van der Waals surface area contributed by atoms with Crippen molar-refractivity contribution in [1.82, 2.24) is 4.98 Å². The molecular weight excluding hydrogens is 399 g/mol. The van der Waals surface area contributed by atoms with Crippen LogP contribution in [0.25, 0.3) is 5.57 Å². The molecule has 1 aliphatic rings. The third-order valence-corrected chi connectivity index (χ3v) is 6.20. The molecule has 0 radical (unpaired) electrons. The molecule has 0 unspecified atom stereocenters. The average Bonchev–Trinajstić information content (AvgIpc) is 3.14. The summed E-state index contributed by atoms with van der Waals surface area (Å²) < 4.78 is 29.7. The monoisotopic (exact) mass is 426 g/mol. The maximum absolute atomic E-state index is 14.3. The molecule has 0 bridgehead atoms. The lowest BCUT2D eigenvalue weighted by Gasteiger charge is -2.12. The molecule has 0 saturated carbocycles. The van der Waals surface area contributed by atoms with E-state index in [0.29, 0.717) is 29.0 Å². The van der Waals surface area contributed by atoms with E-state index in [-0.39, 0.29) is 5.69 Å². The van der Waals surface area contributed by atoms with Crippen LogP contribution < -0.4 is 0 Å². The zero-order valence-electron chi connectivity index (χ0n) is 18.8. The highest BCUT2D eigenvalue weighted by Crippen LogP contribution is 2.39. The number of nitro groups is 1. The van der Waals surface area contributed by atoms with E-state index in [9.17, 15) is 18.7 Å². The third-order valence-electron chi connectivity index (χ3n) is 6.20. The maximum Gasteiger partial charge on any atom is 0.934 e. The third kappa shape index (κ3) is 3.75. The molecule has 0 spiro atoms. The lowest BCUT2D eigenvalue weighted by molar-refractivity contribution is -0.384. The lowest BCUT2D eigenvalue weighted by Crippen LogP contribution is -2.25. The molecule has 2 aromatic rings. The molecule has 1 N–H and O–H groups in total.